The number of aromatic hydroxyl groups is 1. The summed E-state index contributed by atoms with van der Waals surface area (Å²) in [5, 5.41) is 14.0. The Morgan fingerprint density at radius 2 is 2.19 bits per heavy atom. The van der Waals surface area contributed by atoms with Gasteiger partial charge < -0.3 is 15.4 Å². The molecule has 0 atom stereocenters. The van der Waals surface area contributed by atoms with Crippen LogP contribution in [0.25, 0.3) is 11.3 Å². The number of rotatable bonds is 1. The summed E-state index contributed by atoms with van der Waals surface area (Å²) in [6.07, 6.45) is 3.08. The monoisotopic (exact) mass is 216 g/mol. The van der Waals surface area contributed by atoms with Gasteiger partial charge in [-0.25, -0.2) is 0 Å². The lowest BCUT2D eigenvalue weighted by Gasteiger charge is -2.06. The van der Waals surface area contributed by atoms with Crippen LogP contribution in [0.4, 0.5) is 5.88 Å². The van der Waals surface area contributed by atoms with E-state index in [0.717, 1.165) is 24.8 Å². The first-order valence-electron chi connectivity index (χ1n) is 5.32. The average molecular weight is 216 g/mol. The van der Waals surface area contributed by atoms with Crippen LogP contribution < -0.4 is 5.73 Å². The normalized spacial score (nSPS) is 14.0. The van der Waals surface area contributed by atoms with E-state index in [4.69, 9.17) is 10.3 Å². The number of nitrogens with zero attached hydrogens (tertiary/aromatic N) is 1. The van der Waals surface area contributed by atoms with Gasteiger partial charge in [0.25, 0.3) is 0 Å². The molecular formula is C12H12N2O2. The Kier molecular flexibility index (Phi) is 1.89. The number of phenols is 1. The van der Waals surface area contributed by atoms with E-state index in [2.05, 4.69) is 5.16 Å². The molecule has 82 valence electrons. The van der Waals surface area contributed by atoms with Crippen molar-refractivity contribution in [3.8, 4) is 17.0 Å². The quantitative estimate of drug-likeness (QED) is 0.765. The number of aryl methyl sites for hydroxylation is 1. The summed E-state index contributed by atoms with van der Waals surface area (Å²) in [7, 11) is 0. The molecule has 1 heterocycles. The van der Waals surface area contributed by atoms with Crippen LogP contribution in [0.15, 0.2) is 22.7 Å². The van der Waals surface area contributed by atoms with Crippen LogP contribution >= 0.6 is 0 Å². The lowest BCUT2D eigenvalue weighted by molar-refractivity contribution is 0.437. The predicted octanol–water partition coefficient (Wildman–Crippen LogP) is 2.12. The molecule has 2 aromatic rings. The number of hydrogen-bond donors (Lipinski definition) is 2. The molecule has 1 aromatic heterocycles. The molecule has 4 heteroatoms. The molecule has 0 saturated carbocycles. The van der Waals surface area contributed by atoms with E-state index in [1.807, 2.05) is 12.1 Å². The molecule has 1 aliphatic carbocycles. The number of aromatic nitrogens is 1. The summed E-state index contributed by atoms with van der Waals surface area (Å²) >= 11 is 0. The Hall–Kier alpha value is -1.97. The highest BCUT2D eigenvalue weighted by atomic mass is 16.5. The molecule has 4 nitrogen and oxygen atoms in total. The third-order valence-corrected chi connectivity index (χ3v) is 3.06. The molecule has 1 aromatic carbocycles. The van der Waals surface area contributed by atoms with Gasteiger partial charge in [-0.1, -0.05) is 11.2 Å². The molecule has 16 heavy (non-hydrogen) atoms. The van der Waals surface area contributed by atoms with Gasteiger partial charge in [-0.05, 0) is 36.5 Å². The summed E-state index contributed by atoms with van der Waals surface area (Å²) in [4.78, 5) is 0. The molecule has 1 aliphatic rings. The van der Waals surface area contributed by atoms with Crippen LogP contribution in [-0.2, 0) is 12.8 Å². The first kappa shape index (κ1) is 9.27. The second-order valence-electron chi connectivity index (χ2n) is 4.07. The van der Waals surface area contributed by atoms with Crippen LogP contribution in [0.5, 0.6) is 5.75 Å². The smallest absolute Gasteiger partial charge is 0.222 e. The van der Waals surface area contributed by atoms with Crippen molar-refractivity contribution in [2.75, 3.05) is 5.73 Å². The number of hydrogen-bond acceptors (Lipinski definition) is 4. The maximum atomic E-state index is 10.1. The zero-order valence-electron chi connectivity index (χ0n) is 8.73. The number of nitrogens with two attached hydrogens (primary N) is 1. The van der Waals surface area contributed by atoms with Crippen LogP contribution in [0.3, 0.4) is 0 Å². The Morgan fingerprint density at radius 1 is 1.31 bits per heavy atom. The molecule has 0 unspecified atom stereocenters. The number of fused-ring (bicyclic) bond motifs is 1. The van der Waals surface area contributed by atoms with E-state index in [1.165, 1.54) is 5.56 Å². The zero-order chi connectivity index (χ0) is 11.1. The van der Waals surface area contributed by atoms with Crippen molar-refractivity contribution in [3.63, 3.8) is 0 Å². The van der Waals surface area contributed by atoms with Gasteiger partial charge in [0.05, 0.1) is 0 Å². The summed E-state index contributed by atoms with van der Waals surface area (Å²) in [6.45, 7) is 0. The van der Waals surface area contributed by atoms with E-state index < -0.39 is 0 Å². The van der Waals surface area contributed by atoms with E-state index in [9.17, 15) is 5.11 Å². The highest BCUT2D eigenvalue weighted by molar-refractivity contribution is 5.71. The van der Waals surface area contributed by atoms with Crippen molar-refractivity contribution in [1.82, 2.24) is 5.16 Å². The Labute approximate surface area is 92.7 Å². The van der Waals surface area contributed by atoms with Gasteiger partial charge in [-0.2, -0.15) is 0 Å². The topological polar surface area (TPSA) is 72.3 Å². The minimum atomic E-state index is 0.259. The molecule has 0 fully saturated rings. The van der Waals surface area contributed by atoms with Gasteiger partial charge in [0, 0.05) is 11.6 Å². The standard InChI is InChI=1S/C12H12N2O2/c13-11-6-10(14-16-11)9-5-4-7-2-1-3-8(7)12(9)15/h4-6,15H,1-3,13H2. The number of nitrogen functional groups attached to an aromatic ring is 1. The molecular weight excluding hydrogens is 204 g/mol. The predicted molar refractivity (Wildman–Crippen MR) is 60.0 cm³/mol. The zero-order valence-corrected chi connectivity index (χ0v) is 8.73. The van der Waals surface area contributed by atoms with Gasteiger partial charge >= 0.3 is 0 Å². The fourth-order valence-electron chi connectivity index (χ4n) is 2.27. The van der Waals surface area contributed by atoms with E-state index >= 15 is 0 Å². The number of anilines is 1. The molecule has 0 bridgehead atoms. The fourth-order valence-corrected chi connectivity index (χ4v) is 2.27. The lowest BCUT2D eigenvalue weighted by atomic mass is 10.0. The molecule has 0 aliphatic heterocycles. The SMILES string of the molecule is Nc1cc(-c2ccc3c(c2O)CCC3)no1. The lowest BCUT2D eigenvalue weighted by Crippen LogP contribution is -1.87. The molecule has 3 N–H and O–H groups in total. The van der Waals surface area contributed by atoms with E-state index in [1.54, 1.807) is 6.07 Å². The van der Waals surface area contributed by atoms with Crippen LogP contribution in [0.2, 0.25) is 0 Å². The minimum Gasteiger partial charge on any atom is -0.507 e. The van der Waals surface area contributed by atoms with E-state index in [0.29, 0.717) is 17.0 Å². The van der Waals surface area contributed by atoms with Gasteiger partial charge in [0.15, 0.2) is 0 Å². The van der Waals surface area contributed by atoms with Crippen LogP contribution in [0, 0.1) is 0 Å². The van der Waals surface area contributed by atoms with Crippen molar-refractivity contribution in [3.05, 3.63) is 29.3 Å². The van der Waals surface area contributed by atoms with Crippen molar-refractivity contribution in [2.45, 2.75) is 19.3 Å². The minimum absolute atomic E-state index is 0.259. The Morgan fingerprint density at radius 3 is 2.94 bits per heavy atom. The van der Waals surface area contributed by atoms with Crippen LogP contribution in [-0.4, -0.2) is 10.3 Å². The molecule has 0 saturated heterocycles. The first-order valence-corrected chi connectivity index (χ1v) is 5.32. The average Bonchev–Trinajstić information content (AvgIpc) is 2.87. The molecule has 0 spiro atoms. The largest absolute Gasteiger partial charge is 0.507 e. The number of phenolic OH excluding ortho intramolecular Hbond substituents is 1. The molecule has 0 amide bonds. The Balaban J connectivity index is 2.15. The second kappa shape index (κ2) is 3.27. The summed E-state index contributed by atoms with van der Waals surface area (Å²) in [5.41, 5.74) is 9.03. The highest BCUT2D eigenvalue weighted by Gasteiger charge is 2.19. The van der Waals surface area contributed by atoms with Crippen LogP contribution in [0.1, 0.15) is 17.5 Å². The van der Waals surface area contributed by atoms with Crippen molar-refractivity contribution in [1.29, 1.82) is 0 Å². The summed E-state index contributed by atoms with van der Waals surface area (Å²) in [5.74, 6) is 0.582. The van der Waals surface area contributed by atoms with Crippen molar-refractivity contribution < 1.29 is 9.63 Å². The van der Waals surface area contributed by atoms with E-state index in [-0.39, 0.29) is 5.88 Å². The summed E-state index contributed by atoms with van der Waals surface area (Å²) < 4.78 is 4.81. The molecule has 3 rings (SSSR count). The first-order chi connectivity index (χ1) is 7.75. The summed E-state index contributed by atoms with van der Waals surface area (Å²) in [6, 6.07) is 5.54. The van der Waals surface area contributed by atoms with Gasteiger partial charge in [0.2, 0.25) is 5.88 Å². The van der Waals surface area contributed by atoms with Crippen molar-refractivity contribution >= 4 is 5.88 Å². The third kappa shape index (κ3) is 1.26. The third-order valence-electron chi connectivity index (χ3n) is 3.06. The fraction of sp³-hybridized carbons (Fsp3) is 0.250. The number of benzene rings is 1. The van der Waals surface area contributed by atoms with Gasteiger partial charge in [-0.3, -0.25) is 0 Å². The molecule has 0 radical (unpaired) electrons. The van der Waals surface area contributed by atoms with Gasteiger partial charge in [0.1, 0.15) is 11.4 Å². The van der Waals surface area contributed by atoms with Crippen molar-refractivity contribution in [2.24, 2.45) is 0 Å². The van der Waals surface area contributed by atoms with Gasteiger partial charge in [-0.15, -0.1) is 0 Å². The second-order valence-corrected chi connectivity index (χ2v) is 4.07. The highest BCUT2D eigenvalue weighted by Crippen LogP contribution is 2.38. The maximum Gasteiger partial charge on any atom is 0.222 e. The Bertz CT molecular complexity index is 546. The maximum absolute atomic E-state index is 10.1.